The first-order valence-corrected chi connectivity index (χ1v) is 6.47. The number of hydrogen-bond donors (Lipinski definition) is 0. The van der Waals surface area contributed by atoms with Gasteiger partial charge in [0, 0.05) is 19.3 Å². The molecule has 0 saturated carbocycles. The van der Waals surface area contributed by atoms with E-state index in [2.05, 4.69) is 27.0 Å². The molecule has 1 heterocycles. The fourth-order valence-electron chi connectivity index (χ4n) is 1.61. The molecular formula is C13H11BrFN3O2. The minimum absolute atomic E-state index is 0.00743. The van der Waals surface area contributed by atoms with Crippen molar-refractivity contribution in [3.63, 3.8) is 0 Å². The fraction of sp³-hybridized carbons (Fsp3) is 0.231. The largest absolute Gasteiger partial charge is 0.480 e. The SMILES string of the molecule is C#CCOc1cc(N2N=CCN(C)C2=O)c(F)cc1Br. The van der Waals surface area contributed by atoms with E-state index in [-0.39, 0.29) is 12.3 Å². The highest BCUT2D eigenvalue weighted by atomic mass is 79.9. The van der Waals surface area contributed by atoms with Crippen LogP contribution < -0.4 is 9.75 Å². The minimum Gasteiger partial charge on any atom is -0.480 e. The molecule has 1 aliphatic heterocycles. The molecule has 1 aromatic rings. The van der Waals surface area contributed by atoms with Crippen LogP contribution in [0.2, 0.25) is 0 Å². The van der Waals surface area contributed by atoms with E-state index >= 15 is 0 Å². The first-order chi connectivity index (χ1) is 9.54. The molecule has 5 nitrogen and oxygen atoms in total. The lowest BCUT2D eigenvalue weighted by Gasteiger charge is -2.27. The molecule has 0 spiro atoms. The molecule has 0 aliphatic carbocycles. The summed E-state index contributed by atoms with van der Waals surface area (Å²) in [7, 11) is 1.60. The Bertz CT molecular complexity index is 612. The molecule has 0 bridgehead atoms. The number of hydrazone groups is 1. The number of amides is 2. The Balaban J connectivity index is 2.41. The van der Waals surface area contributed by atoms with Gasteiger partial charge in [-0.15, -0.1) is 6.42 Å². The van der Waals surface area contributed by atoms with Crippen molar-refractivity contribution in [1.82, 2.24) is 4.90 Å². The van der Waals surface area contributed by atoms with E-state index in [4.69, 9.17) is 11.2 Å². The Morgan fingerprint density at radius 2 is 2.35 bits per heavy atom. The summed E-state index contributed by atoms with van der Waals surface area (Å²) in [4.78, 5) is 13.4. The van der Waals surface area contributed by atoms with E-state index in [1.165, 1.54) is 23.2 Å². The van der Waals surface area contributed by atoms with Crippen LogP contribution in [0.3, 0.4) is 0 Å². The monoisotopic (exact) mass is 339 g/mol. The maximum Gasteiger partial charge on any atom is 0.345 e. The maximum atomic E-state index is 14.0. The van der Waals surface area contributed by atoms with Gasteiger partial charge in [-0.1, -0.05) is 5.92 Å². The van der Waals surface area contributed by atoms with Crippen LogP contribution in [-0.2, 0) is 0 Å². The zero-order valence-electron chi connectivity index (χ0n) is 10.6. The van der Waals surface area contributed by atoms with Crippen molar-refractivity contribution in [2.24, 2.45) is 5.10 Å². The fourth-order valence-corrected chi connectivity index (χ4v) is 2.04. The third-order valence-electron chi connectivity index (χ3n) is 2.60. The van der Waals surface area contributed by atoms with Crippen molar-refractivity contribution in [3.8, 4) is 18.1 Å². The number of hydrogen-bond acceptors (Lipinski definition) is 3. The van der Waals surface area contributed by atoms with Crippen molar-refractivity contribution in [2.75, 3.05) is 25.2 Å². The van der Waals surface area contributed by atoms with Crippen LogP contribution >= 0.6 is 15.9 Å². The van der Waals surface area contributed by atoms with Gasteiger partial charge in [0.15, 0.2) is 0 Å². The quantitative estimate of drug-likeness (QED) is 0.794. The van der Waals surface area contributed by atoms with Gasteiger partial charge in [-0.3, -0.25) is 0 Å². The topological polar surface area (TPSA) is 45.1 Å². The summed E-state index contributed by atoms with van der Waals surface area (Å²) in [6.07, 6.45) is 6.64. The van der Waals surface area contributed by atoms with Crippen LogP contribution in [-0.4, -0.2) is 37.3 Å². The third kappa shape index (κ3) is 2.75. The first-order valence-electron chi connectivity index (χ1n) is 5.67. The van der Waals surface area contributed by atoms with Gasteiger partial charge in [0.05, 0.1) is 11.0 Å². The number of urea groups is 1. The highest BCUT2D eigenvalue weighted by molar-refractivity contribution is 9.10. The molecule has 0 unspecified atom stereocenters. The van der Waals surface area contributed by atoms with Crippen LogP contribution in [0.4, 0.5) is 14.9 Å². The van der Waals surface area contributed by atoms with Gasteiger partial charge in [-0.2, -0.15) is 10.1 Å². The van der Waals surface area contributed by atoms with E-state index in [1.807, 2.05) is 0 Å². The standard InChI is InChI=1S/C13H11BrFN3O2/c1-3-6-20-12-8-11(10(15)7-9(12)14)18-13(19)17(2)5-4-16-18/h1,4,7-8H,5-6H2,2H3. The van der Waals surface area contributed by atoms with E-state index in [9.17, 15) is 9.18 Å². The molecule has 0 atom stereocenters. The molecule has 0 aromatic heterocycles. The highest BCUT2D eigenvalue weighted by Crippen LogP contribution is 2.33. The van der Waals surface area contributed by atoms with E-state index in [0.717, 1.165) is 5.01 Å². The normalized spacial score (nSPS) is 14.4. The predicted molar refractivity (Wildman–Crippen MR) is 77.4 cm³/mol. The second-order valence-corrected chi connectivity index (χ2v) is 4.85. The van der Waals surface area contributed by atoms with Crippen molar-refractivity contribution < 1.29 is 13.9 Å². The van der Waals surface area contributed by atoms with Gasteiger partial charge in [0.25, 0.3) is 0 Å². The van der Waals surface area contributed by atoms with Crippen molar-refractivity contribution in [3.05, 3.63) is 22.4 Å². The number of benzene rings is 1. The number of carbonyl (C=O) groups is 1. The number of terminal acetylenes is 1. The summed E-state index contributed by atoms with van der Waals surface area (Å²) >= 11 is 3.18. The van der Waals surface area contributed by atoms with Crippen molar-refractivity contribution in [1.29, 1.82) is 0 Å². The molecule has 2 amide bonds. The molecule has 7 heteroatoms. The van der Waals surface area contributed by atoms with Gasteiger partial charge < -0.3 is 9.64 Å². The summed E-state index contributed by atoms with van der Waals surface area (Å²) in [6.45, 7) is 0.425. The number of nitrogens with zero attached hydrogens (tertiary/aromatic N) is 3. The molecule has 0 N–H and O–H groups in total. The van der Waals surface area contributed by atoms with Crippen LogP contribution in [0, 0.1) is 18.2 Å². The predicted octanol–water partition coefficient (Wildman–Crippen LogP) is 2.46. The zero-order chi connectivity index (χ0) is 14.7. The summed E-state index contributed by atoms with van der Waals surface area (Å²) in [5.74, 6) is 2.07. The lowest BCUT2D eigenvalue weighted by atomic mass is 10.2. The van der Waals surface area contributed by atoms with Gasteiger partial charge in [-0.25, -0.2) is 9.18 Å². The molecule has 0 radical (unpaired) electrons. The van der Waals surface area contributed by atoms with Crippen LogP contribution in [0.5, 0.6) is 5.75 Å². The molecule has 0 saturated heterocycles. The number of rotatable bonds is 3. The molecular weight excluding hydrogens is 329 g/mol. The van der Waals surface area contributed by atoms with Crippen LogP contribution in [0.25, 0.3) is 0 Å². The maximum absolute atomic E-state index is 14.0. The summed E-state index contributed by atoms with van der Waals surface area (Å²) in [5, 5.41) is 4.89. The second kappa shape index (κ2) is 5.92. The summed E-state index contributed by atoms with van der Waals surface area (Å²) in [5.41, 5.74) is 0.00743. The molecule has 1 aliphatic rings. The van der Waals surface area contributed by atoms with Crippen molar-refractivity contribution in [2.45, 2.75) is 0 Å². The Morgan fingerprint density at radius 3 is 3.05 bits per heavy atom. The van der Waals surface area contributed by atoms with Crippen molar-refractivity contribution >= 4 is 33.9 Å². The van der Waals surface area contributed by atoms with Gasteiger partial charge >= 0.3 is 6.03 Å². The number of halogens is 2. The van der Waals surface area contributed by atoms with Gasteiger partial charge in [0.1, 0.15) is 23.9 Å². The number of carbonyl (C=O) groups excluding carboxylic acids is 1. The summed E-state index contributed by atoms with van der Waals surface area (Å²) < 4.78 is 19.7. The second-order valence-electron chi connectivity index (χ2n) is 4.00. The lowest BCUT2D eigenvalue weighted by molar-refractivity contribution is 0.219. The average molecular weight is 340 g/mol. The average Bonchev–Trinajstić information content (AvgIpc) is 2.41. The molecule has 0 fully saturated rings. The Hall–Kier alpha value is -2.07. The molecule has 1 aromatic carbocycles. The summed E-state index contributed by atoms with van der Waals surface area (Å²) in [6, 6.07) is 2.17. The number of anilines is 1. The minimum atomic E-state index is -0.592. The highest BCUT2D eigenvalue weighted by Gasteiger charge is 2.25. The van der Waals surface area contributed by atoms with Crippen LogP contribution in [0.15, 0.2) is 21.7 Å². The Morgan fingerprint density at radius 1 is 1.60 bits per heavy atom. The molecule has 20 heavy (non-hydrogen) atoms. The van der Waals surface area contributed by atoms with E-state index < -0.39 is 11.8 Å². The van der Waals surface area contributed by atoms with Gasteiger partial charge in [0.2, 0.25) is 0 Å². The Labute approximate surface area is 124 Å². The van der Waals surface area contributed by atoms with Gasteiger partial charge in [-0.05, 0) is 22.0 Å². The molecule has 2 rings (SSSR count). The van der Waals surface area contributed by atoms with E-state index in [0.29, 0.717) is 16.8 Å². The Kier molecular flexibility index (Phi) is 4.25. The lowest BCUT2D eigenvalue weighted by Crippen LogP contribution is -2.43. The molecule has 104 valence electrons. The zero-order valence-corrected chi connectivity index (χ0v) is 12.2. The number of ether oxygens (including phenoxy) is 1. The van der Waals surface area contributed by atoms with Crippen LogP contribution in [0.1, 0.15) is 0 Å². The smallest absolute Gasteiger partial charge is 0.345 e. The first kappa shape index (κ1) is 14.3. The third-order valence-corrected chi connectivity index (χ3v) is 3.22. The van der Waals surface area contributed by atoms with E-state index in [1.54, 1.807) is 7.05 Å².